The van der Waals surface area contributed by atoms with E-state index in [0.29, 0.717) is 24.4 Å². The van der Waals surface area contributed by atoms with Gasteiger partial charge in [-0.05, 0) is 51.6 Å². The molecule has 0 radical (unpaired) electrons. The summed E-state index contributed by atoms with van der Waals surface area (Å²) in [5.74, 6) is -1.19. The van der Waals surface area contributed by atoms with Gasteiger partial charge < -0.3 is 10.6 Å². The molecule has 0 spiro atoms. The molecule has 3 nitrogen and oxygen atoms in total. The lowest BCUT2D eigenvalue weighted by Gasteiger charge is -2.44. The summed E-state index contributed by atoms with van der Waals surface area (Å²) in [6.45, 7) is 2.90. The first-order valence-corrected chi connectivity index (χ1v) is 8.01. The Morgan fingerprint density at radius 3 is 2.73 bits per heavy atom. The van der Waals surface area contributed by atoms with E-state index in [-0.39, 0.29) is 11.8 Å². The van der Waals surface area contributed by atoms with E-state index in [1.165, 1.54) is 12.1 Å². The van der Waals surface area contributed by atoms with Crippen LogP contribution in [0.5, 0.6) is 0 Å². The number of rotatable bonds is 3. The number of hydrogen-bond acceptors (Lipinski definition) is 2. The smallest absolute Gasteiger partial charge is 0.223 e. The first-order valence-electron chi connectivity index (χ1n) is 8.01. The largest absolute Gasteiger partial charge is 0.346 e. The van der Waals surface area contributed by atoms with Crippen molar-refractivity contribution in [1.82, 2.24) is 10.6 Å². The number of benzene rings is 1. The lowest BCUT2D eigenvalue weighted by atomic mass is 9.71. The molecular formula is C17H22F2N2O. The molecule has 2 aliphatic rings. The zero-order valence-corrected chi connectivity index (χ0v) is 12.8. The normalized spacial score (nSPS) is 27.0. The fourth-order valence-electron chi connectivity index (χ4n) is 3.58. The zero-order chi connectivity index (χ0) is 15.7. The summed E-state index contributed by atoms with van der Waals surface area (Å²) in [6, 6.07) is 3.95. The van der Waals surface area contributed by atoms with E-state index in [1.54, 1.807) is 0 Å². The van der Waals surface area contributed by atoms with Crippen molar-refractivity contribution in [3.63, 3.8) is 0 Å². The van der Waals surface area contributed by atoms with Crippen molar-refractivity contribution < 1.29 is 13.6 Å². The third kappa shape index (κ3) is 2.86. The highest BCUT2D eigenvalue weighted by molar-refractivity contribution is 5.80. The van der Waals surface area contributed by atoms with Gasteiger partial charge in [0, 0.05) is 23.6 Å². The SMILES string of the molecule is C[C@H]1C[C@@H](C(=O)NC2(c3ccc(F)cc3F)CCC2)CCN1. The van der Waals surface area contributed by atoms with Gasteiger partial charge in [-0.1, -0.05) is 6.07 Å². The quantitative estimate of drug-likeness (QED) is 0.901. The van der Waals surface area contributed by atoms with Crippen LogP contribution in [0.1, 0.15) is 44.6 Å². The molecule has 120 valence electrons. The fourth-order valence-corrected chi connectivity index (χ4v) is 3.58. The number of piperidine rings is 1. The lowest BCUT2D eigenvalue weighted by molar-refractivity contribution is -0.129. The van der Waals surface area contributed by atoms with Crippen LogP contribution in [0.25, 0.3) is 0 Å². The van der Waals surface area contributed by atoms with Gasteiger partial charge >= 0.3 is 0 Å². The molecule has 3 rings (SSSR count). The number of amides is 1. The molecule has 0 bridgehead atoms. The molecule has 2 fully saturated rings. The van der Waals surface area contributed by atoms with Gasteiger partial charge in [-0.2, -0.15) is 0 Å². The fraction of sp³-hybridized carbons (Fsp3) is 0.588. The average molecular weight is 308 g/mol. The van der Waals surface area contributed by atoms with Crippen molar-refractivity contribution in [3.8, 4) is 0 Å². The Kier molecular flexibility index (Phi) is 4.17. The Balaban J connectivity index is 1.77. The van der Waals surface area contributed by atoms with Crippen LogP contribution in [0.2, 0.25) is 0 Å². The predicted octanol–water partition coefficient (Wildman–Crippen LogP) is 2.85. The molecule has 22 heavy (non-hydrogen) atoms. The minimum atomic E-state index is -0.650. The van der Waals surface area contributed by atoms with Crippen molar-refractivity contribution in [2.75, 3.05) is 6.54 Å². The number of carbonyl (C=O) groups is 1. The summed E-state index contributed by atoms with van der Waals surface area (Å²) in [6.07, 6.45) is 3.97. The van der Waals surface area contributed by atoms with E-state index in [0.717, 1.165) is 31.9 Å². The van der Waals surface area contributed by atoms with Crippen molar-refractivity contribution in [3.05, 3.63) is 35.4 Å². The Morgan fingerprint density at radius 2 is 2.14 bits per heavy atom. The van der Waals surface area contributed by atoms with Crippen LogP contribution in [-0.4, -0.2) is 18.5 Å². The minimum Gasteiger partial charge on any atom is -0.346 e. The van der Waals surface area contributed by atoms with Gasteiger partial charge in [-0.25, -0.2) is 8.78 Å². The molecule has 0 unspecified atom stereocenters. The second-order valence-electron chi connectivity index (χ2n) is 6.63. The van der Waals surface area contributed by atoms with Gasteiger partial charge in [0.15, 0.2) is 0 Å². The van der Waals surface area contributed by atoms with Gasteiger partial charge in [-0.15, -0.1) is 0 Å². The Hall–Kier alpha value is -1.49. The summed E-state index contributed by atoms with van der Waals surface area (Å²) in [5, 5.41) is 6.39. The van der Waals surface area contributed by atoms with E-state index in [1.807, 2.05) is 0 Å². The molecule has 1 aliphatic heterocycles. The Morgan fingerprint density at radius 1 is 1.36 bits per heavy atom. The maximum atomic E-state index is 14.1. The van der Waals surface area contributed by atoms with Crippen LogP contribution >= 0.6 is 0 Å². The minimum absolute atomic E-state index is 0.00299. The van der Waals surface area contributed by atoms with Crippen molar-refractivity contribution in [2.45, 2.75) is 50.6 Å². The van der Waals surface area contributed by atoms with E-state index < -0.39 is 17.2 Å². The summed E-state index contributed by atoms with van der Waals surface area (Å²) in [5.41, 5.74) is -0.237. The number of halogens is 2. The van der Waals surface area contributed by atoms with E-state index in [9.17, 15) is 13.6 Å². The highest BCUT2D eigenvalue weighted by atomic mass is 19.1. The Bertz CT molecular complexity index is 572. The molecular weight excluding hydrogens is 286 g/mol. The van der Waals surface area contributed by atoms with Crippen LogP contribution in [0.15, 0.2) is 18.2 Å². The lowest BCUT2D eigenvalue weighted by Crippen LogP contribution is -2.54. The second kappa shape index (κ2) is 5.95. The van der Waals surface area contributed by atoms with E-state index in [4.69, 9.17) is 0 Å². The van der Waals surface area contributed by atoms with Gasteiger partial charge in [0.25, 0.3) is 0 Å². The van der Waals surface area contributed by atoms with Gasteiger partial charge in [0.2, 0.25) is 5.91 Å². The molecule has 2 N–H and O–H groups in total. The van der Waals surface area contributed by atoms with E-state index in [2.05, 4.69) is 17.6 Å². The third-order valence-electron chi connectivity index (χ3n) is 5.01. The van der Waals surface area contributed by atoms with Crippen LogP contribution in [0, 0.1) is 17.6 Å². The van der Waals surface area contributed by atoms with Gasteiger partial charge in [0.1, 0.15) is 11.6 Å². The standard InChI is InChI=1S/C17H22F2N2O/c1-11-9-12(5-8-20-11)16(22)21-17(6-2-7-17)14-4-3-13(18)10-15(14)19/h3-4,10-12,20H,2,5-9H2,1H3,(H,21,22)/t11-,12-/m0/s1. The average Bonchev–Trinajstić information content (AvgIpc) is 2.43. The van der Waals surface area contributed by atoms with Crippen LogP contribution < -0.4 is 10.6 Å². The topological polar surface area (TPSA) is 41.1 Å². The maximum Gasteiger partial charge on any atom is 0.223 e. The maximum absolute atomic E-state index is 14.1. The molecule has 1 saturated carbocycles. The number of hydrogen-bond donors (Lipinski definition) is 2. The van der Waals surface area contributed by atoms with Crippen molar-refractivity contribution in [2.24, 2.45) is 5.92 Å². The highest BCUT2D eigenvalue weighted by Gasteiger charge is 2.43. The van der Waals surface area contributed by atoms with Gasteiger partial charge in [0.05, 0.1) is 5.54 Å². The third-order valence-corrected chi connectivity index (χ3v) is 5.01. The molecule has 2 atom stereocenters. The predicted molar refractivity (Wildman–Crippen MR) is 80.2 cm³/mol. The zero-order valence-electron chi connectivity index (χ0n) is 12.8. The molecule has 0 aromatic heterocycles. The monoisotopic (exact) mass is 308 g/mol. The molecule has 1 aromatic carbocycles. The summed E-state index contributed by atoms with van der Waals surface area (Å²) >= 11 is 0. The van der Waals surface area contributed by atoms with E-state index >= 15 is 0 Å². The summed E-state index contributed by atoms with van der Waals surface area (Å²) < 4.78 is 27.2. The van der Waals surface area contributed by atoms with Crippen LogP contribution in [0.3, 0.4) is 0 Å². The molecule has 1 aliphatic carbocycles. The van der Waals surface area contributed by atoms with Crippen molar-refractivity contribution in [1.29, 1.82) is 0 Å². The summed E-state index contributed by atoms with van der Waals surface area (Å²) in [7, 11) is 0. The number of nitrogens with one attached hydrogen (secondary N) is 2. The Labute approximate surface area is 129 Å². The molecule has 1 aromatic rings. The molecule has 5 heteroatoms. The first kappa shape index (κ1) is 15.4. The molecule has 1 saturated heterocycles. The van der Waals surface area contributed by atoms with Gasteiger partial charge in [-0.3, -0.25) is 4.79 Å². The highest BCUT2D eigenvalue weighted by Crippen LogP contribution is 2.42. The van der Waals surface area contributed by atoms with Crippen molar-refractivity contribution >= 4 is 5.91 Å². The number of carbonyl (C=O) groups excluding carboxylic acids is 1. The summed E-state index contributed by atoms with van der Waals surface area (Å²) in [4.78, 5) is 12.6. The van der Waals surface area contributed by atoms with Crippen LogP contribution in [-0.2, 0) is 10.3 Å². The van der Waals surface area contributed by atoms with Crippen LogP contribution in [0.4, 0.5) is 8.78 Å². The molecule has 1 heterocycles. The first-order chi connectivity index (χ1) is 10.5. The molecule has 1 amide bonds. The second-order valence-corrected chi connectivity index (χ2v) is 6.63.